The van der Waals surface area contributed by atoms with Crippen molar-refractivity contribution in [1.82, 2.24) is 0 Å². The van der Waals surface area contributed by atoms with E-state index in [4.69, 9.17) is 11.6 Å². The average molecular weight is 416 g/mol. The van der Waals surface area contributed by atoms with Gasteiger partial charge in [-0.2, -0.15) is 39.5 Å². The van der Waals surface area contributed by atoms with Gasteiger partial charge in [-0.15, -0.1) is 0 Å². The summed E-state index contributed by atoms with van der Waals surface area (Å²) in [6.07, 6.45) is -6.29. The van der Waals surface area contributed by atoms with Crippen LogP contribution < -0.4 is 5.32 Å². The minimum atomic E-state index is -6.73. The van der Waals surface area contributed by atoms with E-state index in [2.05, 4.69) is 4.74 Å². The van der Waals surface area contributed by atoms with Gasteiger partial charge in [-0.05, 0) is 24.6 Å². The number of carbonyl (C=O) groups excluding carboxylic acids is 1. The van der Waals surface area contributed by atoms with Crippen LogP contribution in [0.2, 0.25) is 5.02 Å². The number of ether oxygens (including phenoxy) is 1. The number of carbonyl (C=O) groups is 1. The van der Waals surface area contributed by atoms with Gasteiger partial charge in [0.25, 0.3) is 0 Å². The minimum absolute atomic E-state index is 0.0428. The van der Waals surface area contributed by atoms with Crippen molar-refractivity contribution in [3.8, 4) is 0 Å². The van der Waals surface area contributed by atoms with Crippen LogP contribution in [0.1, 0.15) is 5.56 Å². The van der Waals surface area contributed by atoms with Gasteiger partial charge >= 0.3 is 35.6 Å². The highest BCUT2D eigenvalue weighted by atomic mass is 35.5. The summed E-state index contributed by atoms with van der Waals surface area (Å²) in [5.74, 6) is -28.7. The summed E-state index contributed by atoms with van der Waals surface area (Å²) >= 11 is 5.53. The molecule has 1 aromatic rings. The highest BCUT2D eigenvalue weighted by Crippen LogP contribution is 2.64. The molecule has 1 N–H and O–H groups in total. The normalized spacial score (nSPS) is 26.6. The van der Waals surface area contributed by atoms with Crippen LogP contribution in [0.5, 0.6) is 0 Å². The molecule has 13 heteroatoms. The number of halogens is 10. The number of nitrogens with one attached hydrogen (secondary N) is 1. The third-order valence-electron chi connectivity index (χ3n) is 3.57. The second-order valence-corrected chi connectivity index (χ2v) is 5.79. The van der Waals surface area contributed by atoms with Crippen LogP contribution in [0, 0.1) is 6.92 Å². The first kappa shape index (κ1) is 20.6. The number of amides is 1. The fourth-order valence-electron chi connectivity index (χ4n) is 2.03. The van der Waals surface area contributed by atoms with Crippen LogP contribution in [-0.4, -0.2) is 35.6 Å². The fourth-order valence-corrected chi connectivity index (χ4v) is 2.20. The Hall–Kier alpha value is -1.69. The molecule has 0 saturated carbocycles. The molecule has 1 unspecified atom stereocenters. The van der Waals surface area contributed by atoms with Crippen LogP contribution in [0.15, 0.2) is 18.2 Å². The molecule has 1 fully saturated rings. The molecule has 0 aromatic heterocycles. The van der Waals surface area contributed by atoms with Gasteiger partial charge < -0.3 is 5.32 Å². The highest BCUT2D eigenvalue weighted by molar-refractivity contribution is 6.31. The highest BCUT2D eigenvalue weighted by Gasteiger charge is 2.96. The van der Waals surface area contributed by atoms with Crippen LogP contribution in [0.4, 0.5) is 45.2 Å². The molecular weight excluding hydrogens is 409 g/mol. The lowest BCUT2D eigenvalue weighted by molar-refractivity contribution is -0.366. The molecule has 1 heterocycles. The fraction of sp³-hybridized carbons (Fsp3) is 0.462. The standard InChI is InChI=1S/C13H7ClF9NO2/c1-5-2-3-6(14)4-7(5)24-8(25)9(15,16)12(21)10(17,18)11(19,20)13(22,23)26-12/h2-4H,1H3,(H,24,25). The Morgan fingerprint density at radius 2 is 1.62 bits per heavy atom. The van der Waals surface area contributed by atoms with Crippen molar-refractivity contribution in [2.45, 2.75) is 36.7 Å². The van der Waals surface area contributed by atoms with E-state index in [1.165, 1.54) is 24.4 Å². The molecule has 26 heavy (non-hydrogen) atoms. The van der Waals surface area contributed by atoms with Crippen LogP contribution in [-0.2, 0) is 9.53 Å². The Bertz CT molecular complexity index is 755. The Morgan fingerprint density at radius 3 is 2.08 bits per heavy atom. The van der Waals surface area contributed by atoms with E-state index in [-0.39, 0.29) is 10.6 Å². The number of hydrogen-bond donors (Lipinski definition) is 1. The summed E-state index contributed by atoms with van der Waals surface area (Å²) in [6, 6.07) is 3.29. The smallest absolute Gasteiger partial charge is 0.320 e. The Balaban J connectivity index is 2.45. The zero-order valence-electron chi connectivity index (χ0n) is 12.3. The SMILES string of the molecule is Cc1ccc(Cl)cc1NC(=O)C(F)(F)C1(F)OC(F)(F)C(F)(F)C1(F)F. The maximum atomic E-state index is 14.0. The van der Waals surface area contributed by atoms with Crippen LogP contribution in [0.25, 0.3) is 0 Å². The molecule has 1 aliphatic rings. The first-order chi connectivity index (χ1) is 11.5. The zero-order chi connectivity index (χ0) is 20.3. The predicted octanol–water partition coefficient (Wildman–Crippen LogP) is 4.78. The molecule has 1 aliphatic heterocycles. The Kier molecular flexibility index (Phi) is 4.48. The Labute approximate surface area is 144 Å². The third-order valence-corrected chi connectivity index (χ3v) is 3.80. The van der Waals surface area contributed by atoms with Crippen LogP contribution >= 0.6 is 11.6 Å². The van der Waals surface area contributed by atoms with Crippen molar-refractivity contribution in [1.29, 1.82) is 0 Å². The van der Waals surface area contributed by atoms with Crippen molar-refractivity contribution >= 4 is 23.2 Å². The summed E-state index contributed by atoms with van der Waals surface area (Å²) in [4.78, 5) is 11.6. The summed E-state index contributed by atoms with van der Waals surface area (Å²) in [6.45, 7) is 1.23. The Morgan fingerprint density at radius 1 is 1.08 bits per heavy atom. The lowest BCUT2D eigenvalue weighted by Gasteiger charge is -2.31. The zero-order valence-corrected chi connectivity index (χ0v) is 13.1. The molecule has 1 saturated heterocycles. The number of aryl methyl sites for hydroxylation is 1. The van der Waals surface area contributed by atoms with E-state index >= 15 is 0 Å². The molecular formula is C13H7ClF9NO2. The van der Waals surface area contributed by atoms with Crippen molar-refractivity contribution in [3.63, 3.8) is 0 Å². The second-order valence-electron chi connectivity index (χ2n) is 5.35. The molecule has 0 bridgehead atoms. The quantitative estimate of drug-likeness (QED) is 0.722. The minimum Gasteiger partial charge on any atom is -0.320 e. The van der Waals surface area contributed by atoms with E-state index in [1.807, 2.05) is 0 Å². The van der Waals surface area contributed by atoms with Gasteiger partial charge in [0.1, 0.15) is 0 Å². The topological polar surface area (TPSA) is 38.3 Å². The number of alkyl halides is 9. The lowest BCUT2D eigenvalue weighted by atomic mass is 9.99. The molecule has 1 amide bonds. The molecule has 2 rings (SSSR count). The summed E-state index contributed by atoms with van der Waals surface area (Å²) < 4.78 is 123. The summed E-state index contributed by atoms with van der Waals surface area (Å²) in [7, 11) is 0. The molecule has 0 aliphatic carbocycles. The number of benzene rings is 1. The van der Waals surface area contributed by atoms with Gasteiger partial charge in [0.15, 0.2) is 0 Å². The van der Waals surface area contributed by atoms with Crippen molar-refractivity contribution in [2.24, 2.45) is 0 Å². The van der Waals surface area contributed by atoms with E-state index in [0.29, 0.717) is 0 Å². The molecule has 146 valence electrons. The van der Waals surface area contributed by atoms with Gasteiger partial charge in [-0.25, -0.2) is 0 Å². The average Bonchev–Trinajstić information content (AvgIpc) is 2.58. The summed E-state index contributed by atoms with van der Waals surface area (Å²) in [5.41, 5.74) is -0.480. The predicted molar refractivity (Wildman–Crippen MR) is 69.5 cm³/mol. The first-order valence-electron chi connectivity index (χ1n) is 6.49. The third kappa shape index (κ3) is 2.53. The summed E-state index contributed by atoms with van der Waals surface area (Å²) in [5, 5.41) is 1.15. The number of hydrogen-bond acceptors (Lipinski definition) is 2. The number of rotatable bonds is 3. The largest absolute Gasteiger partial charge is 0.428 e. The van der Waals surface area contributed by atoms with Gasteiger partial charge in [0.05, 0.1) is 0 Å². The van der Waals surface area contributed by atoms with Gasteiger partial charge in [-0.1, -0.05) is 17.7 Å². The van der Waals surface area contributed by atoms with Gasteiger partial charge in [0.2, 0.25) is 0 Å². The first-order valence-corrected chi connectivity index (χ1v) is 6.87. The molecule has 0 radical (unpaired) electrons. The second kappa shape index (κ2) is 5.65. The van der Waals surface area contributed by atoms with Crippen molar-refractivity contribution in [3.05, 3.63) is 28.8 Å². The molecule has 3 nitrogen and oxygen atoms in total. The lowest BCUT2D eigenvalue weighted by Crippen LogP contribution is -2.63. The van der Waals surface area contributed by atoms with Crippen LogP contribution in [0.3, 0.4) is 0 Å². The number of anilines is 1. The van der Waals surface area contributed by atoms with E-state index in [1.54, 1.807) is 0 Å². The van der Waals surface area contributed by atoms with E-state index < -0.39 is 41.3 Å². The van der Waals surface area contributed by atoms with Crippen molar-refractivity contribution in [2.75, 3.05) is 5.32 Å². The van der Waals surface area contributed by atoms with E-state index in [9.17, 15) is 44.3 Å². The van der Waals surface area contributed by atoms with Gasteiger partial charge in [0, 0.05) is 10.7 Å². The monoisotopic (exact) mass is 415 g/mol. The molecule has 1 aromatic carbocycles. The van der Waals surface area contributed by atoms with Crippen molar-refractivity contribution < 1.29 is 49.0 Å². The van der Waals surface area contributed by atoms with Gasteiger partial charge in [-0.3, -0.25) is 9.53 Å². The maximum Gasteiger partial charge on any atom is 0.428 e. The van der Waals surface area contributed by atoms with E-state index in [0.717, 1.165) is 6.07 Å². The maximum absolute atomic E-state index is 14.0. The molecule has 0 spiro atoms. The molecule has 1 atom stereocenters.